The minimum absolute atomic E-state index is 0.779. The van der Waals surface area contributed by atoms with E-state index in [1.54, 1.807) is 0 Å². The normalized spacial score (nSPS) is 34.8. The molecule has 4 heterocycles. The van der Waals surface area contributed by atoms with E-state index in [1.807, 2.05) is 6.07 Å². The number of nitrogens with zero attached hydrogens (tertiary/aromatic N) is 2. The van der Waals surface area contributed by atoms with E-state index in [0.29, 0.717) is 0 Å². The largest absolute Gasteiger partial charge is 0.399 e. The maximum atomic E-state index is 5.89. The minimum Gasteiger partial charge on any atom is -0.399 e. The quantitative estimate of drug-likeness (QED) is 0.762. The molecule has 2 bridgehead atoms. The number of piperidine rings is 3. The van der Waals surface area contributed by atoms with Crippen LogP contribution in [0.4, 0.5) is 5.69 Å². The molecule has 2 N–H and O–H groups in total. The summed E-state index contributed by atoms with van der Waals surface area (Å²) in [7, 11) is 0. The Morgan fingerprint density at radius 2 is 1.83 bits per heavy atom. The van der Waals surface area contributed by atoms with Crippen LogP contribution < -0.4 is 5.73 Å². The number of benzene rings is 1. The smallest absolute Gasteiger partial charge is 0.0317 e. The number of nitrogens with two attached hydrogens (primary N) is 1. The van der Waals surface area contributed by atoms with Crippen molar-refractivity contribution in [2.75, 3.05) is 25.4 Å². The Bertz CT molecular complexity index is 463. The second-order valence-corrected chi connectivity index (χ2v) is 6.14. The monoisotopic (exact) mass is 243 g/mol. The molecule has 0 amide bonds. The molecule has 0 spiro atoms. The third-order valence-corrected chi connectivity index (χ3v) is 5.07. The van der Waals surface area contributed by atoms with E-state index in [9.17, 15) is 0 Å². The highest BCUT2D eigenvalue weighted by Gasteiger charge is 2.39. The number of hydrogen-bond acceptors (Lipinski definition) is 3. The van der Waals surface area contributed by atoms with Crippen LogP contribution in [0.5, 0.6) is 0 Å². The van der Waals surface area contributed by atoms with Gasteiger partial charge >= 0.3 is 0 Å². The Kier molecular flexibility index (Phi) is 2.39. The van der Waals surface area contributed by atoms with Crippen molar-refractivity contribution < 1.29 is 0 Å². The molecule has 1 aromatic carbocycles. The van der Waals surface area contributed by atoms with Gasteiger partial charge in [0.25, 0.3) is 0 Å². The zero-order chi connectivity index (χ0) is 12.1. The van der Waals surface area contributed by atoms with E-state index in [0.717, 1.165) is 30.7 Å². The molecule has 5 rings (SSSR count). The zero-order valence-corrected chi connectivity index (χ0v) is 10.8. The fraction of sp³-hybridized carbons (Fsp3) is 0.600. The standard InChI is InChI=1S/C15H21N3/c16-14-2-1-12-8-18(9-13(12)7-14)15-10-17-5-3-11(15)4-6-17/h1-2,7,11,15H,3-6,8-10,16H2. The van der Waals surface area contributed by atoms with Gasteiger partial charge in [0.1, 0.15) is 0 Å². The van der Waals surface area contributed by atoms with Crippen LogP contribution in [-0.2, 0) is 13.1 Å². The van der Waals surface area contributed by atoms with Crippen LogP contribution in [-0.4, -0.2) is 35.5 Å². The molecule has 4 aliphatic rings. The molecule has 96 valence electrons. The fourth-order valence-corrected chi connectivity index (χ4v) is 4.02. The maximum Gasteiger partial charge on any atom is 0.0317 e. The molecule has 18 heavy (non-hydrogen) atoms. The average Bonchev–Trinajstić information content (AvgIpc) is 2.83. The van der Waals surface area contributed by atoms with Crippen molar-refractivity contribution in [1.29, 1.82) is 0 Å². The van der Waals surface area contributed by atoms with Crippen molar-refractivity contribution in [2.45, 2.75) is 32.0 Å². The van der Waals surface area contributed by atoms with E-state index in [4.69, 9.17) is 5.73 Å². The molecule has 0 radical (unpaired) electrons. The Morgan fingerprint density at radius 1 is 1.06 bits per heavy atom. The molecule has 1 atom stereocenters. The summed E-state index contributed by atoms with van der Waals surface area (Å²) in [5.41, 5.74) is 9.73. The first-order valence-electron chi connectivity index (χ1n) is 7.13. The second kappa shape index (κ2) is 3.97. The molecule has 1 aromatic rings. The van der Waals surface area contributed by atoms with Crippen LogP contribution in [0.1, 0.15) is 24.0 Å². The fourth-order valence-electron chi connectivity index (χ4n) is 4.02. The second-order valence-electron chi connectivity index (χ2n) is 6.14. The summed E-state index contributed by atoms with van der Waals surface area (Å²) < 4.78 is 0. The first-order chi connectivity index (χ1) is 8.79. The van der Waals surface area contributed by atoms with Gasteiger partial charge in [0.15, 0.2) is 0 Å². The SMILES string of the molecule is Nc1ccc2c(c1)CN(C1CN3CCC1CC3)C2. The summed E-state index contributed by atoms with van der Waals surface area (Å²) >= 11 is 0. The Labute approximate surface area is 109 Å². The van der Waals surface area contributed by atoms with Crippen molar-refractivity contribution in [3.8, 4) is 0 Å². The van der Waals surface area contributed by atoms with Crippen LogP contribution in [0.25, 0.3) is 0 Å². The van der Waals surface area contributed by atoms with Crippen LogP contribution in [0.2, 0.25) is 0 Å². The molecule has 3 heteroatoms. The Balaban J connectivity index is 1.55. The molecule has 1 unspecified atom stereocenters. The molecule has 4 aliphatic heterocycles. The van der Waals surface area contributed by atoms with Gasteiger partial charge in [0.2, 0.25) is 0 Å². The number of fused-ring (bicyclic) bond motifs is 4. The van der Waals surface area contributed by atoms with Gasteiger partial charge in [0.05, 0.1) is 0 Å². The topological polar surface area (TPSA) is 32.5 Å². The van der Waals surface area contributed by atoms with Crippen molar-refractivity contribution >= 4 is 5.69 Å². The lowest BCUT2D eigenvalue weighted by Crippen LogP contribution is -2.56. The number of rotatable bonds is 1. The van der Waals surface area contributed by atoms with Crippen molar-refractivity contribution in [3.05, 3.63) is 29.3 Å². The lowest BCUT2D eigenvalue weighted by Gasteiger charge is -2.48. The van der Waals surface area contributed by atoms with Gasteiger partial charge in [-0.15, -0.1) is 0 Å². The van der Waals surface area contributed by atoms with Gasteiger partial charge in [-0.1, -0.05) is 6.07 Å². The summed E-state index contributed by atoms with van der Waals surface area (Å²) in [4.78, 5) is 5.32. The summed E-state index contributed by atoms with van der Waals surface area (Å²) in [5.74, 6) is 0.932. The van der Waals surface area contributed by atoms with Gasteiger partial charge in [-0.05, 0) is 55.1 Å². The Morgan fingerprint density at radius 3 is 2.56 bits per heavy atom. The summed E-state index contributed by atoms with van der Waals surface area (Å²) in [6.45, 7) is 6.18. The van der Waals surface area contributed by atoms with E-state index in [-0.39, 0.29) is 0 Å². The highest BCUT2D eigenvalue weighted by molar-refractivity contribution is 5.46. The Hall–Kier alpha value is -1.06. The molecule has 3 nitrogen and oxygen atoms in total. The zero-order valence-electron chi connectivity index (χ0n) is 10.8. The van der Waals surface area contributed by atoms with E-state index in [2.05, 4.69) is 21.9 Å². The van der Waals surface area contributed by atoms with Gasteiger partial charge in [-0.25, -0.2) is 0 Å². The number of anilines is 1. The molecule has 3 saturated heterocycles. The first-order valence-corrected chi connectivity index (χ1v) is 7.13. The van der Waals surface area contributed by atoms with Gasteiger partial charge in [-0.2, -0.15) is 0 Å². The average molecular weight is 243 g/mol. The van der Waals surface area contributed by atoms with Gasteiger partial charge < -0.3 is 10.6 Å². The van der Waals surface area contributed by atoms with Gasteiger partial charge in [0, 0.05) is 31.4 Å². The van der Waals surface area contributed by atoms with Crippen molar-refractivity contribution in [3.63, 3.8) is 0 Å². The van der Waals surface area contributed by atoms with Crippen LogP contribution in [0.15, 0.2) is 18.2 Å². The minimum atomic E-state index is 0.779. The lowest BCUT2D eigenvalue weighted by molar-refractivity contribution is 0.00316. The van der Waals surface area contributed by atoms with Crippen LogP contribution >= 0.6 is 0 Å². The molecule has 0 aromatic heterocycles. The highest BCUT2D eigenvalue weighted by atomic mass is 15.3. The molecule has 0 aliphatic carbocycles. The van der Waals surface area contributed by atoms with Crippen LogP contribution in [0, 0.1) is 5.92 Å². The molecule has 3 fully saturated rings. The number of hydrogen-bond donors (Lipinski definition) is 1. The van der Waals surface area contributed by atoms with E-state index in [1.165, 1.54) is 43.6 Å². The van der Waals surface area contributed by atoms with E-state index >= 15 is 0 Å². The number of nitrogen functional groups attached to an aromatic ring is 1. The summed E-state index contributed by atoms with van der Waals surface area (Å²) in [6, 6.07) is 7.20. The van der Waals surface area contributed by atoms with Gasteiger partial charge in [-0.3, -0.25) is 4.90 Å². The predicted octanol–water partition coefficient (Wildman–Crippen LogP) is 1.68. The maximum absolute atomic E-state index is 5.89. The van der Waals surface area contributed by atoms with Crippen LogP contribution in [0.3, 0.4) is 0 Å². The summed E-state index contributed by atoms with van der Waals surface area (Å²) in [6.07, 6.45) is 2.80. The van der Waals surface area contributed by atoms with E-state index < -0.39 is 0 Å². The lowest BCUT2D eigenvalue weighted by atomic mass is 9.83. The molecular formula is C15H21N3. The third-order valence-electron chi connectivity index (χ3n) is 5.07. The first kappa shape index (κ1) is 10.8. The van der Waals surface area contributed by atoms with Crippen molar-refractivity contribution in [1.82, 2.24) is 9.80 Å². The third kappa shape index (κ3) is 1.65. The summed E-state index contributed by atoms with van der Waals surface area (Å²) in [5, 5.41) is 0. The predicted molar refractivity (Wildman–Crippen MR) is 73.1 cm³/mol. The molecular weight excluding hydrogens is 222 g/mol. The molecule has 0 saturated carbocycles. The highest BCUT2D eigenvalue weighted by Crippen LogP contribution is 2.35. The van der Waals surface area contributed by atoms with Crippen molar-refractivity contribution in [2.24, 2.45) is 5.92 Å².